The fourth-order valence-corrected chi connectivity index (χ4v) is 2.19. The van der Waals surface area contributed by atoms with E-state index < -0.39 is 6.36 Å². The molecular weight excluding hydrogens is 255 g/mol. The molecule has 3 rings (SSSR count). The van der Waals surface area contributed by atoms with Crippen LogP contribution in [-0.4, -0.2) is 12.4 Å². The van der Waals surface area contributed by atoms with E-state index in [-0.39, 0.29) is 11.7 Å². The molecule has 0 saturated heterocycles. The van der Waals surface area contributed by atoms with Crippen LogP contribution in [0.4, 0.5) is 13.2 Å². The lowest BCUT2D eigenvalue weighted by atomic mass is 10.1. The summed E-state index contributed by atoms with van der Waals surface area (Å²) in [5, 5.41) is 3.36. The molecule has 1 aromatic rings. The molecule has 19 heavy (non-hydrogen) atoms. The van der Waals surface area contributed by atoms with E-state index in [9.17, 15) is 13.2 Å². The van der Waals surface area contributed by atoms with Gasteiger partial charge < -0.3 is 10.1 Å². The van der Waals surface area contributed by atoms with Crippen LogP contribution in [-0.2, 0) is 6.54 Å². The molecule has 0 amide bonds. The number of nitrogens with one attached hydrogen (secondary N) is 1. The Bertz CT molecular complexity index is 464. The Labute approximate surface area is 109 Å². The molecule has 5 heteroatoms. The molecular formula is C14H16F3NO. The van der Waals surface area contributed by atoms with Crippen molar-refractivity contribution in [1.82, 2.24) is 5.32 Å². The third-order valence-corrected chi connectivity index (χ3v) is 3.49. The highest BCUT2D eigenvalue weighted by atomic mass is 19.4. The maximum Gasteiger partial charge on any atom is 0.573 e. The first-order chi connectivity index (χ1) is 9.01. The molecule has 2 aliphatic rings. The van der Waals surface area contributed by atoms with Gasteiger partial charge in [-0.15, -0.1) is 13.2 Å². The summed E-state index contributed by atoms with van der Waals surface area (Å²) in [7, 11) is 0. The van der Waals surface area contributed by atoms with Crippen molar-refractivity contribution in [3.63, 3.8) is 0 Å². The summed E-state index contributed by atoms with van der Waals surface area (Å²) >= 11 is 0. The number of alkyl halides is 3. The minimum Gasteiger partial charge on any atom is -0.405 e. The summed E-state index contributed by atoms with van der Waals surface area (Å²) in [5.74, 6) is 0.198. The Hall–Kier alpha value is -1.23. The second-order valence-electron chi connectivity index (χ2n) is 5.35. The molecule has 0 aromatic heterocycles. The van der Waals surface area contributed by atoms with Gasteiger partial charge in [-0.1, -0.05) is 12.1 Å². The van der Waals surface area contributed by atoms with Crippen molar-refractivity contribution >= 4 is 0 Å². The summed E-state index contributed by atoms with van der Waals surface area (Å²) in [4.78, 5) is 0. The van der Waals surface area contributed by atoms with Gasteiger partial charge in [-0.2, -0.15) is 0 Å². The van der Waals surface area contributed by atoms with Gasteiger partial charge in [-0.25, -0.2) is 0 Å². The average molecular weight is 271 g/mol. The zero-order valence-electron chi connectivity index (χ0n) is 10.5. The summed E-state index contributed by atoms with van der Waals surface area (Å²) in [5.41, 5.74) is 1.73. The minimum atomic E-state index is -4.61. The molecule has 0 aliphatic heterocycles. The largest absolute Gasteiger partial charge is 0.573 e. The lowest BCUT2D eigenvalue weighted by Crippen LogP contribution is -2.19. The highest BCUT2D eigenvalue weighted by Gasteiger charge is 2.35. The molecule has 1 N–H and O–H groups in total. The van der Waals surface area contributed by atoms with Crippen LogP contribution in [0.25, 0.3) is 0 Å². The van der Waals surface area contributed by atoms with Gasteiger partial charge in [0, 0.05) is 12.6 Å². The lowest BCUT2D eigenvalue weighted by Gasteiger charge is -2.14. The first kappa shape index (κ1) is 12.8. The van der Waals surface area contributed by atoms with Crippen LogP contribution in [0.5, 0.6) is 5.75 Å². The van der Waals surface area contributed by atoms with Gasteiger partial charge in [-0.05, 0) is 48.8 Å². The van der Waals surface area contributed by atoms with Crippen LogP contribution in [0.15, 0.2) is 18.2 Å². The van der Waals surface area contributed by atoms with Crippen LogP contribution in [0, 0.1) is 0 Å². The van der Waals surface area contributed by atoms with E-state index in [0.717, 1.165) is 24.9 Å². The molecule has 0 heterocycles. The predicted molar refractivity (Wildman–Crippen MR) is 65.0 cm³/mol. The standard InChI is InChI=1S/C14H16F3NO/c15-14(16,17)19-13-6-1-9(8-18-11-4-5-11)7-12(13)10-2-3-10/h1,6-7,10-11,18H,2-5,8H2. The molecule has 2 aliphatic carbocycles. The monoisotopic (exact) mass is 271 g/mol. The summed E-state index contributed by atoms with van der Waals surface area (Å²) in [6, 6.07) is 5.61. The summed E-state index contributed by atoms with van der Waals surface area (Å²) < 4.78 is 41.1. The van der Waals surface area contributed by atoms with Crippen molar-refractivity contribution in [1.29, 1.82) is 0 Å². The Balaban J connectivity index is 1.75. The molecule has 0 bridgehead atoms. The number of halogens is 3. The quantitative estimate of drug-likeness (QED) is 0.881. The molecule has 2 nitrogen and oxygen atoms in total. The Morgan fingerprint density at radius 2 is 1.89 bits per heavy atom. The highest BCUT2D eigenvalue weighted by Crippen LogP contribution is 2.45. The van der Waals surface area contributed by atoms with Gasteiger partial charge >= 0.3 is 6.36 Å². The number of hydrogen-bond donors (Lipinski definition) is 1. The SMILES string of the molecule is FC(F)(F)Oc1ccc(CNC2CC2)cc1C1CC1. The van der Waals surface area contributed by atoms with Crippen molar-refractivity contribution in [3.8, 4) is 5.75 Å². The van der Waals surface area contributed by atoms with Crippen molar-refractivity contribution < 1.29 is 17.9 Å². The van der Waals surface area contributed by atoms with Gasteiger partial charge in [-0.3, -0.25) is 0 Å². The van der Waals surface area contributed by atoms with Crippen LogP contribution in [0.2, 0.25) is 0 Å². The van der Waals surface area contributed by atoms with Gasteiger partial charge in [0.1, 0.15) is 5.75 Å². The number of benzene rings is 1. The van der Waals surface area contributed by atoms with Gasteiger partial charge in [0.25, 0.3) is 0 Å². The number of ether oxygens (including phenoxy) is 1. The first-order valence-corrected chi connectivity index (χ1v) is 6.63. The number of hydrogen-bond acceptors (Lipinski definition) is 2. The maximum absolute atomic E-state index is 12.3. The summed E-state index contributed by atoms with van der Waals surface area (Å²) in [6.45, 7) is 0.719. The third-order valence-electron chi connectivity index (χ3n) is 3.49. The Morgan fingerprint density at radius 1 is 1.16 bits per heavy atom. The summed E-state index contributed by atoms with van der Waals surface area (Å²) in [6.07, 6.45) is -0.311. The second-order valence-corrected chi connectivity index (χ2v) is 5.35. The third kappa shape index (κ3) is 3.62. The minimum absolute atomic E-state index is 0.0369. The lowest BCUT2D eigenvalue weighted by molar-refractivity contribution is -0.274. The number of rotatable bonds is 5. The molecule has 0 unspecified atom stereocenters. The molecule has 2 saturated carbocycles. The normalized spacial score (nSPS) is 19.5. The second kappa shape index (κ2) is 4.71. The van der Waals surface area contributed by atoms with E-state index in [0.29, 0.717) is 11.6 Å². The van der Waals surface area contributed by atoms with Crippen molar-refractivity contribution in [2.45, 2.75) is 50.6 Å². The van der Waals surface area contributed by atoms with E-state index in [2.05, 4.69) is 10.1 Å². The molecule has 0 spiro atoms. The van der Waals surface area contributed by atoms with Gasteiger partial charge in [0.05, 0.1) is 0 Å². The Kier molecular flexibility index (Phi) is 3.17. The van der Waals surface area contributed by atoms with Crippen LogP contribution < -0.4 is 10.1 Å². The fraction of sp³-hybridized carbons (Fsp3) is 0.571. The molecule has 0 radical (unpaired) electrons. The average Bonchev–Trinajstić information content (AvgIpc) is 3.19. The fourth-order valence-electron chi connectivity index (χ4n) is 2.19. The van der Waals surface area contributed by atoms with E-state index in [1.807, 2.05) is 6.07 Å². The van der Waals surface area contributed by atoms with E-state index in [1.165, 1.54) is 18.9 Å². The molecule has 1 aromatic carbocycles. The molecule has 2 fully saturated rings. The molecule has 0 atom stereocenters. The van der Waals surface area contributed by atoms with Gasteiger partial charge in [0.2, 0.25) is 0 Å². The van der Waals surface area contributed by atoms with E-state index in [4.69, 9.17) is 0 Å². The smallest absolute Gasteiger partial charge is 0.405 e. The highest BCUT2D eigenvalue weighted by molar-refractivity contribution is 5.42. The van der Waals surface area contributed by atoms with Crippen LogP contribution >= 0.6 is 0 Å². The zero-order valence-corrected chi connectivity index (χ0v) is 10.5. The predicted octanol–water partition coefficient (Wildman–Crippen LogP) is 3.71. The van der Waals surface area contributed by atoms with Crippen LogP contribution in [0.3, 0.4) is 0 Å². The van der Waals surface area contributed by atoms with Crippen molar-refractivity contribution in [2.24, 2.45) is 0 Å². The van der Waals surface area contributed by atoms with Crippen molar-refractivity contribution in [3.05, 3.63) is 29.3 Å². The van der Waals surface area contributed by atoms with Gasteiger partial charge in [0.15, 0.2) is 0 Å². The Morgan fingerprint density at radius 3 is 2.47 bits per heavy atom. The van der Waals surface area contributed by atoms with Crippen LogP contribution in [0.1, 0.15) is 42.7 Å². The maximum atomic E-state index is 12.3. The zero-order chi connectivity index (χ0) is 13.5. The van der Waals surface area contributed by atoms with E-state index in [1.54, 1.807) is 6.07 Å². The first-order valence-electron chi connectivity index (χ1n) is 6.63. The molecule has 104 valence electrons. The van der Waals surface area contributed by atoms with Crippen molar-refractivity contribution in [2.75, 3.05) is 0 Å². The topological polar surface area (TPSA) is 21.3 Å². The van der Waals surface area contributed by atoms with E-state index >= 15 is 0 Å².